The maximum absolute atomic E-state index is 13.4. The molecule has 190 valence electrons. The summed E-state index contributed by atoms with van der Waals surface area (Å²) in [5.74, 6) is 0.676. The number of amides is 1. The van der Waals surface area contributed by atoms with Gasteiger partial charge in [-0.05, 0) is 48.4 Å². The van der Waals surface area contributed by atoms with Crippen molar-refractivity contribution in [3.05, 3.63) is 77.9 Å². The highest BCUT2D eigenvalue weighted by Crippen LogP contribution is 2.37. The van der Waals surface area contributed by atoms with Gasteiger partial charge in [0, 0.05) is 5.56 Å². The molecule has 0 aliphatic carbocycles. The summed E-state index contributed by atoms with van der Waals surface area (Å²) in [6.45, 7) is 1.54. The van der Waals surface area contributed by atoms with Crippen LogP contribution in [0.15, 0.2) is 76.7 Å². The Bertz CT molecular complexity index is 1280. The number of nitrogens with zero attached hydrogens (tertiary/aromatic N) is 2. The predicted octanol–water partition coefficient (Wildman–Crippen LogP) is 3.62. The highest BCUT2D eigenvalue weighted by Gasteiger charge is 2.27. The summed E-state index contributed by atoms with van der Waals surface area (Å²) in [7, 11) is 0.491. The van der Waals surface area contributed by atoms with E-state index in [4.69, 9.17) is 14.2 Å². The van der Waals surface area contributed by atoms with Crippen molar-refractivity contribution >= 4 is 27.8 Å². The minimum absolute atomic E-state index is 0.0818. The monoisotopic (exact) mass is 511 g/mol. The number of ether oxygens (including phenoxy) is 3. The first kappa shape index (κ1) is 26.6. The van der Waals surface area contributed by atoms with Crippen LogP contribution in [0.1, 0.15) is 18.1 Å². The van der Waals surface area contributed by atoms with Crippen molar-refractivity contribution in [2.24, 2.45) is 5.10 Å². The molecule has 0 fully saturated rings. The zero-order chi connectivity index (χ0) is 26.1. The first-order valence-electron chi connectivity index (χ1n) is 11.1. The fourth-order valence-corrected chi connectivity index (χ4v) is 4.90. The number of benzene rings is 3. The molecule has 0 aliphatic heterocycles. The van der Waals surface area contributed by atoms with Crippen LogP contribution in [-0.2, 0) is 21.2 Å². The van der Waals surface area contributed by atoms with Gasteiger partial charge >= 0.3 is 0 Å². The van der Waals surface area contributed by atoms with Crippen LogP contribution in [0.4, 0.5) is 5.69 Å². The van der Waals surface area contributed by atoms with Gasteiger partial charge in [0.2, 0.25) is 5.75 Å². The minimum Gasteiger partial charge on any atom is -0.493 e. The minimum atomic E-state index is -4.00. The molecule has 3 aromatic rings. The van der Waals surface area contributed by atoms with Crippen LogP contribution >= 0.6 is 0 Å². The Labute approximate surface area is 211 Å². The topological polar surface area (TPSA) is 107 Å². The van der Waals surface area contributed by atoms with Crippen molar-refractivity contribution in [2.75, 3.05) is 32.2 Å². The van der Waals surface area contributed by atoms with E-state index in [1.165, 1.54) is 39.7 Å². The number of aryl methyl sites for hydroxylation is 1. The Kier molecular flexibility index (Phi) is 8.91. The lowest BCUT2D eigenvalue weighted by Gasteiger charge is -2.24. The van der Waals surface area contributed by atoms with Crippen molar-refractivity contribution in [1.29, 1.82) is 0 Å². The molecule has 0 heterocycles. The quantitative estimate of drug-likeness (QED) is 0.311. The molecule has 0 radical (unpaired) electrons. The molecule has 0 aromatic heterocycles. The molecule has 1 N–H and O–H groups in total. The third-order valence-electron chi connectivity index (χ3n) is 5.34. The SMILES string of the molecule is CCc1ccc(N(CC(=O)N/N=C\c2cc(OC)c(OC)c(OC)c2)S(=O)(=O)c2ccccc2)cc1. The Morgan fingerprint density at radius 3 is 2.08 bits per heavy atom. The Hall–Kier alpha value is -4.05. The molecule has 0 saturated heterocycles. The molecule has 0 aliphatic rings. The van der Waals surface area contributed by atoms with E-state index >= 15 is 0 Å². The molecule has 0 spiro atoms. The lowest BCUT2D eigenvalue weighted by Crippen LogP contribution is -2.39. The summed E-state index contributed by atoms with van der Waals surface area (Å²) in [5.41, 5.74) is 4.40. The zero-order valence-electron chi connectivity index (χ0n) is 20.6. The Morgan fingerprint density at radius 2 is 1.56 bits per heavy atom. The van der Waals surface area contributed by atoms with Gasteiger partial charge < -0.3 is 14.2 Å². The molecule has 3 rings (SSSR count). The van der Waals surface area contributed by atoms with Crippen molar-refractivity contribution in [3.8, 4) is 17.2 Å². The molecule has 0 saturated carbocycles. The third kappa shape index (κ3) is 6.14. The molecule has 1 amide bonds. The van der Waals surface area contributed by atoms with Crippen LogP contribution in [-0.4, -0.2) is 48.4 Å². The largest absolute Gasteiger partial charge is 0.493 e. The average molecular weight is 512 g/mol. The van der Waals surface area contributed by atoms with E-state index in [0.29, 0.717) is 28.5 Å². The summed E-state index contributed by atoms with van der Waals surface area (Å²) in [5, 5.41) is 3.98. The fraction of sp³-hybridized carbons (Fsp3) is 0.231. The normalized spacial score (nSPS) is 11.2. The molecule has 36 heavy (non-hydrogen) atoms. The molecular formula is C26H29N3O6S. The van der Waals surface area contributed by atoms with Crippen LogP contribution in [0.3, 0.4) is 0 Å². The Morgan fingerprint density at radius 1 is 0.944 bits per heavy atom. The van der Waals surface area contributed by atoms with Crippen molar-refractivity contribution in [3.63, 3.8) is 0 Å². The molecular weight excluding hydrogens is 482 g/mol. The number of nitrogens with one attached hydrogen (secondary N) is 1. The van der Waals surface area contributed by atoms with Crippen LogP contribution in [0.2, 0.25) is 0 Å². The maximum Gasteiger partial charge on any atom is 0.264 e. The molecule has 3 aromatic carbocycles. The number of hydrazone groups is 1. The van der Waals surface area contributed by atoms with E-state index in [1.807, 2.05) is 19.1 Å². The van der Waals surface area contributed by atoms with E-state index in [0.717, 1.165) is 16.3 Å². The van der Waals surface area contributed by atoms with Gasteiger partial charge in [0.05, 0.1) is 38.1 Å². The molecule has 0 bridgehead atoms. The first-order chi connectivity index (χ1) is 17.3. The lowest BCUT2D eigenvalue weighted by molar-refractivity contribution is -0.119. The number of anilines is 1. The number of hydrogen-bond acceptors (Lipinski definition) is 7. The summed E-state index contributed by atoms with van der Waals surface area (Å²) >= 11 is 0. The summed E-state index contributed by atoms with van der Waals surface area (Å²) in [6.07, 6.45) is 2.20. The number of carbonyl (C=O) groups is 1. The Balaban J connectivity index is 1.83. The number of sulfonamides is 1. The van der Waals surface area contributed by atoms with Gasteiger partial charge in [-0.2, -0.15) is 5.10 Å². The number of methoxy groups -OCH3 is 3. The van der Waals surface area contributed by atoms with E-state index in [1.54, 1.807) is 42.5 Å². The third-order valence-corrected chi connectivity index (χ3v) is 7.13. The van der Waals surface area contributed by atoms with Gasteiger partial charge in [-0.1, -0.05) is 37.3 Å². The lowest BCUT2D eigenvalue weighted by atomic mass is 10.1. The number of hydrogen-bond donors (Lipinski definition) is 1. The van der Waals surface area contributed by atoms with Crippen molar-refractivity contribution < 1.29 is 27.4 Å². The second kappa shape index (κ2) is 12.1. The van der Waals surface area contributed by atoms with Crippen LogP contribution in [0.5, 0.6) is 17.2 Å². The summed E-state index contributed by atoms with van der Waals surface area (Å²) < 4.78 is 43.8. The standard InChI is InChI=1S/C26H29N3O6S/c1-5-19-11-13-21(14-12-19)29(36(31,32)22-9-7-6-8-10-22)18-25(30)28-27-17-20-15-23(33-2)26(35-4)24(16-20)34-3/h6-17H,5,18H2,1-4H3,(H,28,30)/b27-17-. The first-order valence-corrected chi connectivity index (χ1v) is 12.6. The molecule has 10 heteroatoms. The van der Waals surface area contributed by atoms with Gasteiger partial charge in [-0.15, -0.1) is 0 Å². The summed E-state index contributed by atoms with van der Waals surface area (Å²) in [4.78, 5) is 12.8. The van der Waals surface area contributed by atoms with E-state index < -0.39 is 22.5 Å². The van der Waals surface area contributed by atoms with Crippen molar-refractivity contribution in [1.82, 2.24) is 5.43 Å². The maximum atomic E-state index is 13.4. The van der Waals surface area contributed by atoms with E-state index in [2.05, 4.69) is 10.5 Å². The van der Waals surface area contributed by atoms with Crippen molar-refractivity contribution in [2.45, 2.75) is 18.2 Å². The van der Waals surface area contributed by atoms with E-state index in [9.17, 15) is 13.2 Å². The molecule has 0 atom stereocenters. The highest BCUT2D eigenvalue weighted by molar-refractivity contribution is 7.92. The van der Waals surface area contributed by atoms with Gasteiger partial charge in [0.1, 0.15) is 6.54 Å². The molecule has 9 nitrogen and oxygen atoms in total. The second-order valence-corrected chi connectivity index (χ2v) is 9.46. The number of carbonyl (C=O) groups excluding carboxylic acids is 1. The van der Waals surface area contributed by atoms with Gasteiger partial charge in [-0.25, -0.2) is 13.8 Å². The van der Waals surface area contributed by atoms with Gasteiger partial charge in [0.25, 0.3) is 15.9 Å². The highest BCUT2D eigenvalue weighted by atomic mass is 32.2. The van der Waals surface area contributed by atoms with Crippen LogP contribution in [0, 0.1) is 0 Å². The predicted molar refractivity (Wildman–Crippen MR) is 139 cm³/mol. The smallest absolute Gasteiger partial charge is 0.264 e. The fourth-order valence-electron chi connectivity index (χ4n) is 3.45. The zero-order valence-corrected chi connectivity index (χ0v) is 21.4. The van der Waals surface area contributed by atoms with Gasteiger partial charge in [0.15, 0.2) is 11.5 Å². The average Bonchev–Trinajstić information content (AvgIpc) is 2.91. The van der Waals surface area contributed by atoms with Crippen LogP contribution < -0.4 is 23.9 Å². The van der Waals surface area contributed by atoms with Crippen LogP contribution in [0.25, 0.3) is 0 Å². The second-order valence-electron chi connectivity index (χ2n) is 7.60. The summed E-state index contributed by atoms with van der Waals surface area (Å²) in [6, 6.07) is 18.3. The van der Waals surface area contributed by atoms with E-state index in [-0.39, 0.29) is 4.90 Å². The number of rotatable bonds is 11. The molecule has 0 unspecified atom stereocenters. The van der Waals surface area contributed by atoms with Gasteiger partial charge in [-0.3, -0.25) is 9.10 Å².